The molecule has 2 atom stereocenters. The van der Waals surface area contributed by atoms with Gasteiger partial charge in [-0.25, -0.2) is 0 Å². The van der Waals surface area contributed by atoms with Crippen molar-refractivity contribution in [3.63, 3.8) is 0 Å². The van der Waals surface area contributed by atoms with Crippen molar-refractivity contribution in [3.05, 3.63) is 0 Å². The van der Waals surface area contributed by atoms with Gasteiger partial charge in [-0.1, -0.05) is 0 Å². The Morgan fingerprint density at radius 3 is 1.86 bits per heavy atom. The van der Waals surface area contributed by atoms with Crippen LogP contribution in [0.3, 0.4) is 0 Å². The zero-order valence-corrected chi connectivity index (χ0v) is 13.9. The summed E-state index contributed by atoms with van der Waals surface area (Å²) in [6.45, 7) is 3.25. The fourth-order valence-electron chi connectivity index (χ4n) is 1.50. The minimum atomic E-state index is -6.57. The molecule has 1 heterocycles. The number of carbonyl (C=O) groups is 1. The Labute approximate surface area is 149 Å². The quantitative estimate of drug-likeness (QED) is 0.466. The van der Waals surface area contributed by atoms with Crippen LogP contribution in [0.15, 0.2) is 0 Å². The highest BCUT2D eigenvalue weighted by molar-refractivity contribution is 5.70. The molecule has 0 bridgehead atoms. The third kappa shape index (κ3) is 7.90. The monoisotopic (exact) mass is 446 g/mol. The molecule has 0 aromatic carbocycles. The molecule has 0 saturated carbocycles. The molecule has 16 heteroatoms. The van der Waals surface area contributed by atoms with Crippen molar-refractivity contribution in [2.75, 3.05) is 13.2 Å². The molecule has 2 unspecified atom stereocenters. The zero-order chi connectivity index (χ0) is 22.6. The Bertz CT molecular complexity index is 519. The van der Waals surface area contributed by atoms with Gasteiger partial charge < -0.3 is 14.2 Å². The van der Waals surface area contributed by atoms with Gasteiger partial charge in [0, 0.05) is 0 Å². The van der Waals surface area contributed by atoms with E-state index in [0.29, 0.717) is 6.61 Å². The molecule has 1 aliphatic rings. The highest BCUT2D eigenvalue weighted by Crippen LogP contribution is 2.46. The van der Waals surface area contributed by atoms with E-state index in [9.17, 15) is 53.2 Å². The molecular weight excluding hydrogens is 433 g/mol. The van der Waals surface area contributed by atoms with Crippen molar-refractivity contribution in [3.8, 4) is 0 Å². The van der Waals surface area contributed by atoms with Gasteiger partial charge in [0.25, 0.3) is 0 Å². The molecule has 0 aromatic heterocycles. The van der Waals surface area contributed by atoms with Crippen molar-refractivity contribution in [2.24, 2.45) is 0 Å². The molecule has 0 aliphatic carbocycles. The second-order valence-corrected chi connectivity index (χ2v) is 5.49. The molecule has 0 spiro atoms. The standard InChI is InChI=1S/C9H13F3O4.C3F8O/c1-6-4-15-8(2,16-6)5-14-7(13)3-9(10,11)12;4-1(5,2(6,7)8)3(9,10)12-11/h6H,3-5H2,1-2H3;. The normalized spacial score (nSPS) is 23.8. The van der Waals surface area contributed by atoms with E-state index in [2.05, 4.69) is 4.74 Å². The maximum absolute atomic E-state index is 11.8. The van der Waals surface area contributed by atoms with Crippen molar-refractivity contribution < 1.29 is 72.4 Å². The van der Waals surface area contributed by atoms with Crippen LogP contribution in [0.25, 0.3) is 0 Å². The Morgan fingerprint density at radius 2 is 1.57 bits per heavy atom. The van der Waals surface area contributed by atoms with Crippen molar-refractivity contribution in [1.29, 1.82) is 0 Å². The van der Waals surface area contributed by atoms with Gasteiger partial charge in [0.1, 0.15) is 13.0 Å². The number of alkyl halides is 10. The van der Waals surface area contributed by atoms with Crippen molar-refractivity contribution in [1.82, 2.24) is 0 Å². The molecule has 1 aliphatic heterocycles. The largest absolute Gasteiger partial charge is 0.463 e. The summed E-state index contributed by atoms with van der Waals surface area (Å²) in [5, 5.41) is 0. The number of ether oxygens (including phenoxy) is 3. The van der Waals surface area contributed by atoms with Crippen LogP contribution in [0.1, 0.15) is 20.3 Å². The molecule has 0 amide bonds. The van der Waals surface area contributed by atoms with Crippen LogP contribution in [0.5, 0.6) is 0 Å². The maximum atomic E-state index is 11.8. The summed E-state index contributed by atoms with van der Waals surface area (Å²) in [6.07, 6.45) is -19.1. The van der Waals surface area contributed by atoms with E-state index >= 15 is 0 Å². The van der Waals surface area contributed by atoms with Crippen LogP contribution in [0, 0.1) is 0 Å². The van der Waals surface area contributed by atoms with Gasteiger partial charge in [-0.3, -0.25) is 4.79 Å². The second kappa shape index (κ2) is 8.94. The van der Waals surface area contributed by atoms with Gasteiger partial charge in [-0.2, -0.15) is 43.9 Å². The van der Waals surface area contributed by atoms with E-state index < -0.39 is 42.6 Å². The Hall–Kier alpha value is -1.42. The van der Waals surface area contributed by atoms with Gasteiger partial charge in [-0.15, -0.1) is 4.94 Å². The van der Waals surface area contributed by atoms with Crippen LogP contribution < -0.4 is 0 Å². The summed E-state index contributed by atoms with van der Waals surface area (Å²) in [4.78, 5) is 12.0. The van der Waals surface area contributed by atoms with Crippen LogP contribution in [0.4, 0.5) is 48.4 Å². The lowest BCUT2D eigenvalue weighted by Gasteiger charge is -2.23. The number of halogens is 11. The van der Waals surface area contributed by atoms with Gasteiger partial charge >= 0.3 is 30.4 Å². The summed E-state index contributed by atoms with van der Waals surface area (Å²) in [5.41, 5.74) is 0. The zero-order valence-electron chi connectivity index (χ0n) is 13.9. The first kappa shape index (κ1) is 26.6. The molecule has 1 saturated heterocycles. The fourth-order valence-corrected chi connectivity index (χ4v) is 1.50. The third-order valence-electron chi connectivity index (χ3n) is 2.73. The van der Waals surface area contributed by atoms with Crippen molar-refractivity contribution in [2.45, 2.75) is 56.5 Å². The van der Waals surface area contributed by atoms with Crippen LogP contribution >= 0.6 is 0 Å². The van der Waals surface area contributed by atoms with E-state index in [1.165, 1.54) is 11.9 Å². The van der Waals surface area contributed by atoms with E-state index in [1.54, 1.807) is 6.92 Å². The topological polar surface area (TPSA) is 54.0 Å². The molecule has 0 N–H and O–H groups in total. The van der Waals surface area contributed by atoms with E-state index in [0.717, 1.165) is 0 Å². The summed E-state index contributed by atoms with van der Waals surface area (Å²) in [7, 11) is 0. The predicted molar refractivity (Wildman–Crippen MR) is 64.7 cm³/mol. The van der Waals surface area contributed by atoms with Crippen molar-refractivity contribution >= 4 is 5.97 Å². The summed E-state index contributed by atoms with van der Waals surface area (Å²) in [5.74, 6) is -9.02. The fraction of sp³-hybridized carbons (Fsp3) is 0.917. The summed E-state index contributed by atoms with van der Waals surface area (Å²) >= 11 is 0. The lowest BCUT2D eigenvalue weighted by Crippen LogP contribution is -2.52. The molecule has 0 radical (unpaired) electrons. The van der Waals surface area contributed by atoms with E-state index in [4.69, 9.17) is 9.47 Å². The van der Waals surface area contributed by atoms with Crippen LogP contribution in [-0.2, 0) is 23.9 Å². The second-order valence-electron chi connectivity index (χ2n) is 5.49. The van der Waals surface area contributed by atoms with E-state index in [-0.39, 0.29) is 12.7 Å². The molecule has 1 fully saturated rings. The first-order valence-electron chi connectivity index (χ1n) is 6.92. The number of hydrogen-bond acceptors (Lipinski definition) is 5. The lowest BCUT2D eigenvalue weighted by atomic mass is 10.3. The first-order valence-corrected chi connectivity index (χ1v) is 6.92. The average Bonchev–Trinajstić information content (AvgIpc) is 2.83. The molecule has 28 heavy (non-hydrogen) atoms. The van der Waals surface area contributed by atoms with Crippen LogP contribution in [-0.4, -0.2) is 55.5 Å². The maximum Gasteiger partial charge on any atom is 0.463 e. The van der Waals surface area contributed by atoms with Gasteiger partial charge in [0.2, 0.25) is 0 Å². The Balaban J connectivity index is 0.000000546. The Kier molecular flexibility index (Phi) is 8.49. The highest BCUT2D eigenvalue weighted by Gasteiger charge is 2.75. The number of rotatable bonds is 5. The van der Waals surface area contributed by atoms with Gasteiger partial charge in [-0.05, 0) is 18.4 Å². The minimum absolute atomic E-state index is 0.161. The molecule has 0 aromatic rings. The predicted octanol–water partition coefficient (Wildman–Crippen LogP) is 4.31. The molecule has 5 nitrogen and oxygen atoms in total. The summed E-state index contributed by atoms with van der Waals surface area (Å²) in [6, 6.07) is 0. The van der Waals surface area contributed by atoms with E-state index in [1.807, 2.05) is 0 Å². The Morgan fingerprint density at radius 1 is 1.07 bits per heavy atom. The molecular formula is C12H13F11O5. The number of carbonyl (C=O) groups excluding carboxylic acids is 1. The lowest BCUT2D eigenvalue weighted by molar-refractivity contribution is -0.471. The van der Waals surface area contributed by atoms with Gasteiger partial charge in [0.05, 0.1) is 12.7 Å². The average molecular weight is 446 g/mol. The summed E-state index contributed by atoms with van der Waals surface area (Å²) < 4.78 is 140. The van der Waals surface area contributed by atoms with Gasteiger partial charge in [0.15, 0.2) is 5.79 Å². The molecule has 1 rings (SSSR count). The minimum Gasteiger partial charge on any atom is -0.460 e. The smallest absolute Gasteiger partial charge is 0.460 e. The first-order chi connectivity index (χ1) is 12.3. The molecule has 168 valence electrons. The number of esters is 1. The highest BCUT2D eigenvalue weighted by atomic mass is 19.4. The SMILES string of the molecule is CC1COC(C)(COC(=O)CC(F)(F)F)O1.FOC(F)(F)C(F)(F)C(F)(F)F. The number of hydrogen-bond donors (Lipinski definition) is 0. The van der Waals surface area contributed by atoms with Crippen LogP contribution in [0.2, 0.25) is 0 Å². The third-order valence-corrected chi connectivity index (χ3v) is 2.73.